The summed E-state index contributed by atoms with van der Waals surface area (Å²) in [7, 11) is 0. The largest absolute Gasteiger partial charge is 0.481 e. The Labute approximate surface area is 110 Å². The normalized spacial score (nSPS) is 9.71. The summed E-state index contributed by atoms with van der Waals surface area (Å²) in [5, 5.41) is 9.47. The molecule has 1 N–H and O–H groups in total. The molecule has 0 aliphatic heterocycles. The van der Waals surface area contributed by atoms with E-state index < -0.39 is 5.97 Å². The van der Waals surface area contributed by atoms with Crippen LogP contribution in [0.1, 0.15) is 6.42 Å². The van der Waals surface area contributed by atoms with Crippen molar-refractivity contribution in [2.24, 2.45) is 0 Å². The molecule has 0 amide bonds. The van der Waals surface area contributed by atoms with E-state index in [2.05, 4.69) is 5.92 Å². The van der Waals surface area contributed by atoms with E-state index in [0.29, 0.717) is 22.3 Å². The van der Waals surface area contributed by atoms with Crippen molar-refractivity contribution in [3.05, 3.63) is 28.2 Å². The molecule has 0 aliphatic rings. The lowest BCUT2D eigenvalue weighted by Crippen LogP contribution is -2.26. The van der Waals surface area contributed by atoms with Crippen LogP contribution < -0.4 is 4.90 Å². The maximum absolute atomic E-state index is 10.6. The van der Waals surface area contributed by atoms with Crippen molar-refractivity contribution in [2.75, 3.05) is 18.0 Å². The number of hydrogen-bond acceptors (Lipinski definition) is 2. The van der Waals surface area contributed by atoms with Crippen LogP contribution in [0.3, 0.4) is 0 Å². The fraction of sp³-hybridized carbons (Fsp3) is 0.250. The zero-order chi connectivity index (χ0) is 12.8. The van der Waals surface area contributed by atoms with Gasteiger partial charge in [0.1, 0.15) is 0 Å². The number of halogens is 2. The highest BCUT2D eigenvalue weighted by Crippen LogP contribution is 2.32. The Bertz CT molecular complexity index is 454. The van der Waals surface area contributed by atoms with Gasteiger partial charge in [-0.25, -0.2) is 0 Å². The van der Waals surface area contributed by atoms with Gasteiger partial charge < -0.3 is 10.0 Å². The summed E-state index contributed by atoms with van der Waals surface area (Å²) in [6, 6.07) is 5.17. The molecule has 0 unspecified atom stereocenters. The van der Waals surface area contributed by atoms with Gasteiger partial charge in [0.05, 0.1) is 28.7 Å². The minimum absolute atomic E-state index is 0.00940. The zero-order valence-corrected chi connectivity index (χ0v) is 10.5. The van der Waals surface area contributed by atoms with Crippen LogP contribution in [-0.4, -0.2) is 24.2 Å². The van der Waals surface area contributed by atoms with Crippen molar-refractivity contribution in [3.63, 3.8) is 0 Å². The van der Waals surface area contributed by atoms with E-state index in [1.54, 1.807) is 23.1 Å². The van der Waals surface area contributed by atoms with Gasteiger partial charge in [0.25, 0.3) is 0 Å². The quantitative estimate of drug-likeness (QED) is 0.838. The number of hydrogen-bond donors (Lipinski definition) is 1. The SMILES string of the molecule is C#CCN(CCC(=O)O)c1cccc(Cl)c1Cl. The van der Waals surface area contributed by atoms with Gasteiger partial charge in [0, 0.05) is 6.54 Å². The number of aliphatic carboxylic acids is 1. The Hall–Kier alpha value is -1.37. The van der Waals surface area contributed by atoms with Crippen molar-refractivity contribution in [1.82, 2.24) is 0 Å². The molecule has 5 heteroatoms. The molecule has 0 heterocycles. The van der Waals surface area contributed by atoms with Crippen LogP contribution in [0.2, 0.25) is 10.0 Å². The Morgan fingerprint density at radius 3 is 2.76 bits per heavy atom. The molecule has 3 nitrogen and oxygen atoms in total. The first-order chi connectivity index (χ1) is 8.06. The summed E-state index contributed by atoms with van der Waals surface area (Å²) in [4.78, 5) is 12.3. The second-order valence-electron chi connectivity index (χ2n) is 3.34. The number of carbonyl (C=O) groups is 1. The van der Waals surface area contributed by atoms with Gasteiger partial charge >= 0.3 is 5.97 Å². The molecule has 0 fully saturated rings. The van der Waals surface area contributed by atoms with Crippen LogP contribution in [0.15, 0.2) is 18.2 Å². The number of anilines is 1. The lowest BCUT2D eigenvalue weighted by atomic mass is 10.2. The van der Waals surface area contributed by atoms with Crippen molar-refractivity contribution < 1.29 is 9.90 Å². The average Bonchev–Trinajstić information content (AvgIpc) is 2.28. The van der Waals surface area contributed by atoms with Crippen LogP contribution in [0, 0.1) is 12.3 Å². The smallest absolute Gasteiger partial charge is 0.305 e. The summed E-state index contributed by atoms with van der Waals surface area (Å²) in [5.41, 5.74) is 0.651. The van der Waals surface area contributed by atoms with Gasteiger partial charge in [-0.3, -0.25) is 4.79 Å². The van der Waals surface area contributed by atoms with E-state index in [1.807, 2.05) is 0 Å². The molecular weight excluding hydrogens is 261 g/mol. The Balaban J connectivity index is 2.93. The standard InChI is InChI=1S/C12H11Cl2NO2/c1-2-7-15(8-6-11(16)17)10-5-3-4-9(13)12(10)14/h1,3-5H,6-8H2,(H,16,17). The van der Waals surface area contributed by atoms with Gasteiger partial charge in [0.2, 0.25) is 0 Å². The summed E-state index contributed by atoms with van der Waals surface area (Å²) < 4.78 is 0. The number of carboxylic acid groups (broad SMARTS) is 1. The third-order valence-electron chi connectivity index (χ3n) is 2.15. The Morgan fingerprint density at radius 2 is 2.18 bits per heavy atom. The first kappa shape index (κ1) is 13.7. The molecule has 0 saturated heterocycles. The average molecular weight is 272 g/mol. The number of benzene rings is 1. The number of carboxylic acids is 1. The van der Waals surface area contributed by atoms with Crippen molar-refractivity contribution >= 4 is 34.9 Å². The van der Waals surface area contributed by atoms with Crippen molar-refractivity contribution in [3.8, 4) is 12.3 Å². The maximum Gasteiger partial charge on any atom is 0.305 e. The second-order valence-corrected chi connectivity index (χ2v) is 4.13. The van der Waals surface area contributed by atoms with E-state index in [9.17, 15) is 4.79 Å². The molecule has 0 spiro atoms. The van der Waals surface area contributed by atoms with E-state index >= 15 is 0 Å². The molecule has 0 atom stereocenters. The molecule has 0 radical (unpaired) electrons. The van der Waals surface area contributed by atoms with Gasteiger partial charge in [-0.1, -0.05) is 35.2 Å². The van der Waals surface area contributed by atoms with E-state index in [4.69, 9.17) is 34.7 Å². The lowest BCUT2D eigenvalue weighted by molar-refractivity contribution is -0.136. The zero-order valence-electron chi connectivity index (χ0n) is 8.99. The fourth-order valence-electron chi connectivity index (χ4n) is 1.36. The minimum Gasteiger partial charge on any atom is -0.481 e. The van der Waals surface area contributed by atoms with Crippen LogP contribution >= 0.6 is 23.2 Å². The van der Waals surface area contributed by atoms with Crippen LogP contribution in [0.4, 0.5) is 5.69 Å². The van der Waals surface area contributed by atoms with Gasteiger partial charge in [-0.05, 0) is 12.1 Å². The van der Waals surface area contributed by atoms with Crippen molar-refractivity contribution in [1.29, 1.82) is 0 Å². The highest BCUT2D eigenvalue weighted by Gasteiger charge is 2.12. The first-order valence-corrected chi connectivity index (χ1v) is 5.66. The molecule has 0 aliphatic carbocycles. The minimum atomic E-state index is -0.884. The molecule has 0 saturated carbocycles. The van der Waals surface area contributed by atoms with Gasteiger partial charge in [0.15, 0.2) is 0 Å². The predicted molar refractivity (Wildman–Crippen MR) is 69.8 cm³/mol. The molecular formula is C12H11Cl2NO2. The van der Waals surface area contributed by atoms with Crippen LogP contribution in [0.5, 0.6) is 0 Å². The Morgan fingerprint density at radius 1 is 1.47 bits per heavy atom. The molecule has 1 aromatic carbocycles. The summed E-state index contributed by atoms with van der Waals surface area (Å²) in [5.74, 6) is 1.58. The first-order valence-electron chi connectivity index (χ1n) is 4.90. The molecule has 0 bridgehead atoms. The highest BCUT2D eigenvalue weighted by molar-refractivity contribution is 6.43. The van der Waals surface area contributed by atoms with Crippen LogP contribution in [-0.2, 0) is 4.79 Å². The molecule has 1 aromatic rings. The summed E-state index contributed by atoms with van der Waals surface area (Å²) in [6.07, 6.45) is 5.24. The summed E-state index contributed by atoms with van der Waals surface area (Å²) >= 11 is 11.9. The van der Waals surface area contributed by atoms with E-state index in [1.165, 1.54) is 0 Å². The molecule has 1 rings (SSSR count). The van der Waals surface area contributed by atoms with Gasteiger partial charge in [-0.2, -0.15) is 0 Å². The molecule has 17 heavy (non-hydrogen) atoms. The van der Waals surface area contributed by atoms with E-state index in [0.717, 1.165) is 0 Å². The van der Waals surface area contributed by atoms with Crippen molar-refractivity contribution in [2.45, 2.75) is 6.42 Å². The number of rotatable bonds is 5. The van der Waals surface area contributed by atoms with E-state index in [-0.39, 0.29) is 13.0 Å². The third kappa shape index (κ3) is 3.85. The maximum atomic E-state index is 10.6. The molecule has 90 valence electrons. The number of nitrogens with zero attached hydrogens (tertiary/aromatic N) is 1. The molecule has 0 aromatic heterocycles. The predicted octanol–water partition coefficient (Wildman–Crippen LogP) is 2.91. The number of terminal acetylenes is 1. The highest BCUT2D eigenvalue weighted by atomic mass is 35.5. The lowest BCUT2D eigenvalue weighted by Gasteiger charge is -2.23. The summed E-state index contributed by atoms with van der Waals surface area (Å²) in [6.45, 7) is 0.576. The fourth-order valence-corrected chi connectivity index (χ4v) is 1.78. The topological polar surface area (TPSA) is 40.5 Å². The van der Waals surface area contributed by atoms with Gasteiger partial charge in [-0.15, -0.1) is 6.42 Å². The second kappa shape index (κ2) is 6.39. The monoisotopic (exact) mass is 271 g/mol. The van der Waals surface area contributed by atoms with Crippen LogP contribution in [0.25, 0.3) is 0 Å². The third-order valence-corrected chi connectivity index (χ3v) is 2.96. The Kier molecular flexibility index (Phi) is 5.14.